The zero-order chi connectivity index (χ0) is 35.8. The number of non-ortho nitro benzene ring substituents is 1. The van der Waals surface area contributed by atoms with Gasteiger partial charge >= 0.3 is 0 Å². The number of hydrogen-bond donors (Lipinski definition) is 1. The quantitative estimate of drug-likeness (QED) is 0.106. The smallest absolute Gasteiger partial charge is 0.269 e. The number of methoxy groups -OCH3 is 1. The van der Waals surface area contributed by atoms with Crippen LogP contribution >= 0.6 is 11.6 Å². The van der Waals surface area contributed by atoms with Crippen LogP contribution in [-0.2, 0) is 24.6 Å². The van der Waals surface area contributed by atoms with E-state index in [1.807, 2.05) is 12.1 Å². The van der Waals surface area contributed by atoms with Crippen molar-refractivity contribution >= 4 is 52.3 Å². The highest BCUT2D eigenvalue weighted by molar-refractivity contribution is 6.32. The molecule has 0 bridgehead atoms. The van der Waals surface area contributed by atoms with Crippen LogP contribution in [-0.4, -0.2) is 40.8 Å². The summed E-state index contributed by atoms with van der Waals surface area (Å²) in [7, 11) is 1.47. The first-order chi connectivity index (χ1) is 24.6. The van der Waals surface area contributed by atoms with Gasteiger partial charge in [-0.3, -0.25) is 34.2 Å². The third-order valence-electron chi connectivity index (χ3n) is 11.0. The minimum absolute atomic E-state index is 0.0735. The normalized spacial score (nSPS) is 26.8. The molecule has 1 N–H and O–H groups in total. The maximum absolute atomic E-state index is 15.3. The van der Waals surface area contributed by atoms with Crippen molar-refractivity contribution in [2.24, 2.45) is 23.7 Å². The molecule has 4 amide bonds. The fourth-order valence-electron chi connectivity index (χ4n) is 8.96. The second kappa shape index (κ2) is 11.9. The summed E-state index contributed by atoms with van der Waals surface area (Å²) >= 11 is 6.36. The Morgan fingerprint density at radius 3 is 2.25 bits per heavy atom. The lowest BCUT2D eigenvalue weighted by molar-refractivity contribution is -0.384. The summed E-state index contributed by atoms with van der Waals surface area (Å²) in [5.74, 6) is -5.88. The summed E-state index contributed by atoms with van der Waals surface area (Å²) in [6.07, 6.45) is 2.14. The molecule has 51 heavy (non-hydrogen) atoms. The molecule has 12 heteroatoms. The van der Waals surface area contributed by atoms with Gasteiger partial charge in [-0.05, 0) is 60.7 Å². The Labute approximate surface area is 296 Å². The average Bonchev–Trinajstić information content (AvgIpc) is 3.52. The number of phenolic OH excluding ortho intramolecular Hbond substituents is 1. The Morgan fingerprint density at radius 2 is 1.59 bits per heavy atom. The third kappa shape index (κ3) is 4.64. The molecule has 4 aromatic carbocycles. The van der Waals surface area contributed by atoms with E-state index in [2.05, 4.69) is 0 Å². The zero-order valence-electron chi connectivity index (χ0n) is 27.1. The summed E-state index contributed by atoms with van der Waals surface area (Å²) in [6, 6.07) is 25.6. The largest absolute Gasteiger partial charge is 0.508 e. The van der Waals surface area contributed by atoms with Crippen molar-refractivity contribution in [2.75, 3.05) is 16.9 Å². The van der Waals surface area contributed by atoms with E-state index in [1.165, 1.54) is 37.4 Å². The first kappa shape index (κ1) is 32.4. The molecule has 6 unspecified atom stereocenters. The van der Waals surface area contributed by atoms with Crippen LogP contribution in [0.3, 0.4) is 0 Å². The molecule has 11 nitrogen and oxygen atoms in total. The number of anilines is 2. The van der Waals surface area contributed by atoms with Crippen LogP contribution in [0.1, 0.15) is 29.9 Å². The fraction of sp³-hybridized carbons (Fsp3) is 0.231. The lowest BCUT2D eigenvalue weighted by atomic mass is 9.49. The number of imide groups is 2. The zero-order valence-corrected chi connectivity index (χ0v) is 27.9. The number of nitrogens with zero attached hydrogens (tertiary/aromatic N) is 3. The van der Waals surface area contributed by atoms with E-state index in [4.69, 9.17) is 16.3 Å². The number of amides is 4. The van der Waals surface area contributed by atoms with Gasteiger partial charge in [-0.15, -0.1) is 0 Å². The van der Waals surface area contributed by atoms with Gasteiger partial charge in [-0.2, -0.15) is 0 Å². The van der Waals surface area contributed by atoms with Gasteiger partial charge in [-0.1, -0.05) is 65.7 Å². The molecule has 256 valence electrons. The molecule has 4 aliphatic rings. The number of halogens is 1. The Bertz CT molecular complexity index is 2190. The minimum atomic E-state index is -1.55. The van der Waals surface area contributed by atoms with Gasteiger partial charge in [-0.25, -0.2) is 4.90 Å². The number of aromatic hydroxyl groups is 1. The highest BCUT2D eigenvalue weighted by atomic mass is 35.5. The van der Waals surface area contributed by atoms with Crippen molar-refractivity contribution < 1.29 is 33.9 Å². The van der Waals surface area contributed by atoms with E-state index in [9.17, 15) is 29.6 Å². The van der Waals surface area contributed by atoms with Crippen molar-refractivity contribution in [1.82, 2.24) is 0 Å². The summed E-state index contributed by atoms with van der Waals surface area (Å²) in [4.78, 5) is 71.5. The molecule has 1 saturated carbocycles. The molecule has 2 aliphatic carbocycles. The summed E-state index contributed by atoms with van der Waals surface area (Å²) in [6.45, 7) is 0. The van der Waals surface area contributed by atoms with E-state index < -0.39 is 63.6 Å². The number of ether oxygens (including phenoxy) is 1. The molecule has 8 rings (SSSR count). The summed E-state index contributed by atoms with van der Waals surface area (Å²) in [5.41, 5.74) is 0.400. The predicted molar refractivity (Wildman–Crippen MR) is 186 cm³/mol. The topological polar surface area (TPSA) is 147 Å². The van der Waals surface area contributed by atoms with Crippen molar-refractivity contribution in [3.8, 4) is 11.5 Å². The van der Waals surface area contributed by atoms with E-state index >= 15 is 4.79 Å². The Kier molecular flexibility index (Phi) is 7.57. The number of phenols is 1. The minimum Gasteiger partial charge on any atom is -0.508 e. The molecule has 2 aliphatic heterocycles. The van der Waals surface area contributed by atoms with Crippen LogP contribution in [0.15, 0.2) is 109 Å². The molecular weight excluding hydrogens is 674 g/mol. The number of carbonyl (C=O) groups excluding carboxylic acids is 4. The van der Waals surface area contributed by atoms with E-state index in [0.29, 0.717) is 33.2 Å². The molecule has 2 heterocycles. The van der Waals surface area contributed by atoms with Crippen molar-refractivity contribution in [3.05, 3.63) is 135 Å². The monoisotopic (exact) mass is 703 g/mol. The predicted octanol–water partition coefficient (Wildman–Crippen LogP) is 6.33. The second-order valence-corrected chi connectivity index (χ2v) is 13.7. The molecule has 0 aromatic heterocycles. The second-order valence-electron chi connectivity index (χ2n) is 13.3. The van der Waals surface area contributed by atoms with E-state index in [-0.39, 0.29) is 30.0 Å². The van der Waals surface area contributed by atoms with E-state index in [0.717, 1.165) is 9.80 Å². The SMILES string of the molecule is COc1ccc(C2C3=CCC4C(=O)N(c5ccc([N+](=O)[O-])cc5)C(=O)C4C3CC3C(=O)N(c4cccc(Cl)c4)C(=O)C32c2ccccc2)c(O)c1. The van der Waals surface area contributed by atoms with Crippen LogP contribution in [0.25, 0.3) is 0 Å². The van der Waals surface area contributed by atoms with E-state index in [1.54, 1.807) is 60.7 Å². The highest BCUT2D eigenvalue weighted by Gasteiger charge is 2.70. The maximum atomic E-state index is 15.3. The van der Waals surface area contributed by atoms with Crippen LogP contribution in [0.5, 0.6) is 11.5 Å². The lowest BCUT2D eigenvalue weighted by Gasteiger charge is -2.50. The number of carbonyl (C=O) groups is 4. The van der Waals surface area contributed by atoms with Crippen molar-refractivity contribution in [3.63, 3.8) is 0 Å². The highest BCUT2D eigenvalue weighted by Crippen LogP contribution is 2.65. The number of hydrogen-bond acceptors (Lipinski definition) is 8. The number of nitro benzene ring substituents is 1. The van der Waals surface area contributed by atoms with Gasteiger partial charge in [0.25, 0.3) is 5.69 Å². The molecule has 0 spiro atoms. The third-order valence-corrected chi connectivity index (χ3v) is 11.3. The molecule has 0 radical (unpaired) electrons. The molecule has 6 atom stereocenters. The first-order valence-electron chi connectivity index (χ1n) is 16.5. The van der Waals surface area contributed by atoms with Crippen LogP contribution in [0.4, 0.5) is 17.1 Å². The van der Waals surface area contributed by atoms with Gasteiger partial charge in [0, 0.05) is 34.7 Å². The van der Waals surface area contributed by atoms with Crippen molar-refractivity contribution in [1.29, 1.82) is 0 Å². The molecular formula is C39H30ClN3O8. The number of rotatable bonds is 6. The fourth-order valence-corrected chi connectivity index (χ4v) is 9.15. The summed E-state index contributed by atoms with van der Waals surface area (Å²) in [5, 5.41) is 23.3. The lowest BCUT2D eigenvalue weighted by Crippen LogP contribution is -2.53. The van der Waals surface area contributed by atoms with Gasteiger partial charge < -0.3 is 9.84 Å². The molecule has 2 saturated heterocycles. The Balaban J connectivity index is 1.33. The standard InChI is InChI=1S/C39H30ClN3O8/c1-51-26-14-15-28(32(44)19-26)34-27-16-17-29-33(37(47)41(35(29)45)23-10-12-24(13-11-23)43(49)50)30(27)20-31-36(46)42(25-9-5-8-22(40)18-25)38(48)39(31,34)21-6-3-2-4-7-21/h2-16,18-19,29-31,33-34,44H,17,20H2,1H3. The van der Waals surface area contributed by atoms with Crippen LogP contribution < -0.4 is 14.5 Å². The van der Waals surface area contributed by atoms with Gasteiger partial charge in [0.1, 0.15) is 11.5 Å². The Morgan fingerprint density at radius 1 is 0.843 bits per heavy atom. The van der Waals surface area contributed by atoms with Crippen molar-refractivity contribution in [2.45, 2.75) is 24.2 Å². The number of fused-ring (bicyclic) bond motifs is 4. The van der Waals surface area contributed by atoms with Gasteiger partial charge in [0.05, 0.1) is 46.6 Å². The Hall–Kier alpha value is -5.81. The summed E-state index contributed by atoms with van der Waals surface area (Å²) < 4.78 is 5.38. The average molecular weight is 704 g/mol. The molecule has 4 aromatic rings. The molecule has 3 fully saturated rings. The number of benzene rings is 4. The number of nitro groups is 1. The van der Waals surface area contributed by atoms with Crippen LogP contribution in [0, 0.1) is 33.8 Å². The first-order valence-corrected chi connectivity index (χ1v) is 16.8. The van der Waals surface area contributed by atoms with Gasteiger partial charge in [0.15, 0.2) is 0 Å². The van der Waals surface area contributed by atoms with Gasteiger partial charge in [0.2, 0.25) is 23.6 Å². The maximum Gasteiger partial charge on any atom is 0.269 e. The van der Waals surface area contributed by atoms with Crippen LogP contribution in [0.2, 0.25) is 5.02 Å². The number of allylic oxidation sites excluding steroid dienone is 2.